The van der Waals surface area contributed by atoms with Gasteiger partial charge in [0.2, 0.25) is 11.8 Å². The van der Waals surface area contributed by atoms with Gasteiger partial charge in [0, 0.05) is 45.1 Å². The zero-order valence-corrected chi connectivity index (χ0v) is 21.2. The van der Waals surface area contributed by atoms with Crippen molar-refractivity contribution < 1.29 is 9.59 Å². The summed E-state index contributed by atoms with van der Waals surface area (Å²) in [6.07, 6.45) is 3.32. The first kappa shape index (κ1) is 24.5. The van der Waals surface area contributed by atoms with Gasteiger partial charge in [-0.2, -0.15) is 5.26 Å². The van der Waals surface area contributed by atoms with E-state index < -0.39 is 0 Å². The van der Waals surface area contributed by atoms with Crippen LogP contribution in [0, 0.1) is 22.7 Å². The summed E-state index contributed by atoms with van der Waals surface area (Å²) in [6, 6.07) is 20.3. The fourth-order valence-corrected chi connectivity index (χ4v) is 6.47. The van der Waals surface area contributed by atoms with Gasteiger partial charge in [-0.15, -0.1) is 0 Å². The van der Waals surface area contributed by atoms with Gasteiger partial charge in [0.05, 0.1) is 17.0 Å². The standard InChI is InChI=1S/C30H36N4O2/c1-2-28(35)34-21-26(27(22-34)25-6-4-3-5-7-25)20-32-15-12-30(13-16-32)14-17-33(29(30)36)19-24-10-8-23(18-31)9-11-24/h3-11,26-27H,2,12-17,19-22H2,1H3/t26-,27?/m0/s1. The van der Waals surface area contributed by atoms with E-state index in [1.54, 1.807) is 0 Å². The molecule has 3 heterocycles. The largest absolute Gasteiger partial charge is 0.342 e. The molecule has 0 aliphatic carbocycles. The molecule has 0 N–H and O–H groups in total. The molecule has 1 spiro atoms. The summed E-state index contributed by atoms with van der Waals surface area (Å²) in [6.45, 7) is 7.87. The third-order valence-corrected chi connectivity index (χ3v) is 8.69. The maximum absolute atomic E-state index is 13.5. The molecule has 3 aliphatic heterocycles. The predicted molar refractivity (Wildman–Crippen MR) is 139 cm³/mol. The Morgan fingerprint density at radius 2 is 1.69 bits per heavy atom. The molecule has 2 aromatic carbocycles. The Balaban J connectivity index is 1.19. The molecule has 5 rings (SSSR count). The number of hydrogen-bond donors (Lipinski definition) is 0. The zero-order chi connectivity index (χ0) is 25.1. The molecule has 6 nitrogen and oxygen atoms in total. The van der Waals surface area contributed by atoms with E-state index in [9.17, 15) is 9.59 Å². The Labute approximate surface area is 214 Å². The summed E-state index contributed by atoms with van der Waals surface area (Å²) < 4.78 is 0. The minimum Gasteiger partial charge on any atom is -0.342 e. The van der Waals surface area contributed by atoms with Crippen molar-refractivity contribution in [3.05, 3.63) is 71.3 Å². The number of piperidine rings is 1. The first-order valence-electron chi connectivity index (χ1n) is 13.3. The minimum atomic E-state index is -0.220. The molecule has 0 radical (unpaired) electrons. The van der Waals surface area contributed by atoms with E-state index in [1.165, 1.54) is 5.56 Å². The lowest BCUT2D eigenvalue weighted by molar-refractivity contribution is -0.139. The third-order valence-electron chi connectivity index (χ3n) is 8.69. The summed E-state index contributed by atoms with van der Waals surface area (Å²) in [7, 11) is 0. The summed E-state index contributed by atoms with van der Waals surface area (Å²) >= 11 is 0. The fraction of sp³-hybridized carbons (Fsp3) is 0.500. The van der Waals surface area contributed by atoms with Crippen molar-refractivity contribution in [1.29, 1.82) is 5.26 Å². The Morgan fingerprint density at radius 3 is 2.36 bits per heavy atom. The first-order valence-corrected chi connectivity index (χ1v) is 13.3. The molecular weight excluding hydrogens is 448 g/mol. The van der Waals surface area contributed by atoms with E-state index in [0.717, 1.165) is 64.1 Å². The predicted octanol–water partition coefficient (Wildman–Crippen LogP) is 4.02. The molecule has 0 bridgehead atoms. The van der Waals surface area contributed by atoms with Crippen LogP contribution in [0.15, 0.2) is 54.6 Å². The van der Waals surface area contributed by atoms with Crippen molar-refractivity contribution in [3.8, 4) is 6.07 Å². The van der Waals surface area contributed by atoms with Crippen LogP contribution in [-0.2, 0) is 16.1 Å². The number of benzene rings is 2. The maximum atomic E-state index is 13.5. The normalized spacial score (nSPS) is 23.8. The summed E-state index contributed by atoms with van der Waals surface area (Å²) in [5, 5.41) is 9.02. The lowest BCUT2D eigenvalue weighted by atomic mass is 9.76. The highest BCUT2D eigenvalue weighted by Crippen LogP contribution is 2.43. The fourth-order valence-electron chi connectivity index (χ4n) is 6.47. The van der Waals surface area contributed by atoms with Crippen molar-refractivity contribution in [2.75, 3.05) is 39.3 Å². The smallest absolute Gasteiger partial charge is 0.229 e. The van der Waals surface area contributed by atoms with Crippen LogP contribution in [0.1, 0.15) is 55.2 Å². The second kappa shape index (κ2) is 10.4. The first-order chi connectivity index (χ1) is 17.5. The van der Waals surface area contributed by atoms with Gasteiger partial charge in [-0.3, -0.25) is 9.59 Å². The number of nitriles is 1. The van der Waals surface area contributed by atoms with Crippen molar-refractivity contribution in [2.45, 2.75) is 45.1 Å². The van der Waals surface area contributed by atoms with Crippen LogP contribution >= 0.6 is 0 Å². The summed E-state index contributed by atoms with van der Waals surface area (Å²) in [4.78, 5) is 32.5. The molecule has 6 heteroatoms. The summed E-state index contributed by atoms with van der Waals surface area (Å²) in [5.41, 5.74) is 2.83. The second-order valence-electron chi connectivity index (χ2n) is 10.8. The molecule has 36 heavy (non-hydrogen) atoms. The zero-order valence-electron chi connectivity index (χ0n) is 21.2. The monoisotopic (exact) mass is 484 g/mol. The van der Waals surface area contributed by atoms with E-state index in [4.69, 9.17) is 5.26 Å². The second-order valence-corrected chi connectivity index (χ2v) is 10.8. The van der Waals surface area contributed by atoms with E-state index in [0.29, 0.717) is 36.3 Å². The van der Waals surface area contributed by atoms with Gasteiger partial charge in [0.25, 0.3) is 0 Å². The van der Waals surface area contributed by atoms with Crippen LogP contribution in [0.25, 0.3) is 0 Å². The number of rotatable bonds is 6. The summed E-state index contributed by atoms with van der Waals surface area (Å²) in [5.74, 6) is 1.34. The number of nitrogens with zero attached hydrogens (tertiary/aromatic N) is 4. The Hall–Kier alpha value is -3.17. The number of hydrogen-bond acceptors (Lipinski definition) is 4. The van der Waals surface area contributed by atoms with Gasteiger partial charge in [0.1, 0.15) is 0 Å². The highest BCUT2D eigenvalue weighted by atomic mass is 16.2. The number of carbonyl (C=O) groups excluding carboxylic acids is 2. The maximum Gasteiger partial charge on any atom is 0.229 e. The van der Waals surface area contributed by atoms with Crippen LogP contribution in [-0.4, -0.2) is 65.8 Å². The number of likely N-dealkylation sites (tertiary alicyclic amines) is 3. The average molecular weight is 485 g/mol. The average Bonchev–Trinajstić information content (AvgIpc) is 3.47. The van der Waals surface area contributed by atoms with Crippen LogP contribution in [0.3, 0.4) is 0 Å². The topological polar surface area (TPSA) is 67.7 Å². The van der Waals surface area contributed by atoms with Crippen LogP contribution in [0.4, 0.5) is 0 Å². The molecule has 2 aromatic rings. The van der Waals surface area contributed by atoms with Crippen LogP contribution in [0.5, 0.6) is 0 Å². The van der Waals surface area contributed by atoms with E-state index in [1.807, 2.05) is 36.1 Å². The number of amides is 2. The lowest BCUT2D eigenvalue weighted by Gasteiger charge is -2.39. The molecule has 1 unspecified atom stereocenters. The van der Waals surface area contributed by atoms with Crippen molar-refractivity contribution in [1.82, 2.24) is 14.7 Å². The minimum absolute atomic E-state index is 0.220. The lowest BCUT2D eigenvalue weighted by Crippen LogP contribution is -2.46. The molecule has 2 amide bonds. The number of carbonyl (C=O) groups is 2. The van der Waals surface area contributed by atoms with Crippen molar-refractivity contribution >= 4 is 11.8 Å². The van der Waals surface area contributed by atoms with Crippen molar-refractivity contribution in [3.63, 3.8) is 0 Å². The van der Waals surface area contributed by atoms with E-state index in [2.05, 4.69) is 46.2 Å². The van der Waals surface area contributed by atoms with Crippen molar-refractivity contribution in [2.24, 2.45) is 11.3 Å². The van der Waals surface area contributed by atoms with E-state index >= 15 is 0 Å². The Kier molecular flexibility index (Phi) is 7.11. The molecule has 0 saturated carbocycles. The van der Waals surface area contributed by atoms with Gasteiger partial charge < -0.3 is 14.7 Å². The molecule has 0 aromatic heterocycles. The van der Waals surface area contributed by atoms with Gasteiger partial charge in [-0.05, 0) is 61.5 Å². The third kappa shape index (κ3) is 4.90. The quantitative estimate of drug-likeness (QED) is 0.621. The van der Waals surface area contributed by atoms with Crippen LogP contribution in [0.2, 0.25) is 0 Å². The molecule has 3 aliphatic rings. The molecule has 188 valence electrons. The van der Waals surface area contributed by atoms with Gasteiger partial charge in [0.15, 0.2) is 0 Å². The SMILES string of the molecule is CCC(=O)N1CC(c2ccccc2)[C@@H](CN2CCC3(CC2)CCN(Cc2ccc(C#N)cc2)C3=O)C1. The molecule has 2 atom stereocenters. The van der Waals surface area contributed by atoms with Gasteiger partial charge in [-0.1, -0.05) is 49.4 Å². The molecule has 3 fully saturated rings. The van der Waals surface area contributed by atoms with Crippen LogP contribution < -0.4 is 0 Å². The van der Waals surface area contributed by atoms with Gasteiger partial charge >= 0.3 is 0 Å². The van der Waals surface area contributed by atoms with E-state index in [-0.39, 0.29) is 11.3 Å². The molecule has 3 saturated heterocycles. The highest BCUT2D eigenvalue weighted by molar-refractivity contribution is 5.85. The highest BCUT2D eigenvalue weighted by Gasteiger charge is 2.48. The Morgan fingerprint density at radius 1 is 1.00 bits per heavy atom. The molecular formula is C30H36N4O2. The van der Waals surface area contributed by atoms with Gasteiger partial charge in [-0.25, -0.2) is 0 Å². The Bertz CT molecular complexity index is 1120.